The molecule has 3 nitrogen and oxygen atoms in total. The minimum absolute atomic E-state index is 0.106. The zero-order valence-electron chi connectivity index (χ0n) is 9.14. The van der Waals surface area contributed by atoms with Crippen molar-refractivity contribution in [2.45, 2.75) is 6.18 Å². The Bertz CT molecular complexity index is 520. The van der Waals surface area contributed by atoms with Gasteiger partial charge in [-0.15, -0.1) is 11.6 Å². The van der Waals surface area contributed by atoms with Crippen molar-refractivity contribution in [3.05, 3.63) is 28.8 Å². The van der Waals surface area contributed by atoms with Gasteiger partial charge in [0.25, 0.3) is 0 Å². The lowest BCUT2D eigenvalue weighted by Crippen LogP contribution is -2.12. The molecule has 96 valence electrons. The number of Topliss-reactive ketones (excluding diaryl/α,β-unsaturated/α-hetero) is 1. The summed E-state index contributed by atoms with van der Waals surface area (Å²) in [6.45, 7) is 0. The highest BCUT2D eigenvalue weighted by molar-refractivity contribution is 6.30. The van der Waals surface area contributed by atoms with E-state index in [1.165, 1.54) is 13.2 Å². The number of nitriles is 1. The maximum atomic E-state index is 12.7. The molecule has 0 aliphatic rings. The van der Waals surface area contributed by atoms with Crippen molar-refractivity contribution >= 4 is 17.4 Å². The van der Waals surface area contributed by atoms with Crippen LogP contribution in [0.2, 0.25) is 0 Å². The van der Waals surface area contributed by atoms with Crippen molar-refractivity contribution in [1.29, 1.82) is 5.26 Å². The third-order valence-corrected chi connectivity index (χ3v) is 2.43. The summed E-state index contributed by atoms with van der Waals surface area (Å²) < 4.78 is 42.8. The van der Waals surface area contributed by atoms with Crippen molar-refractivity contribution in [1.82, 2.24) is 0 Å². The first-order chi connectivity index (χ1) is 8.35. The Morgan fingerprint density at radius 2 is 2.11 bits per heavy atom. The molecule has 0 aliphatic heterocycles. The molecule has 0 bridgehead atoms. The van der Waals surface area contributed by atoms with Crippen LogP contribution in [0.4, 0.5) is 13.2 Å². The lowest BCUT2D eigenvalue weighted by atomic mass is 10.0. The van der Waals surface area contributed by atoms with Crippen LogP contribution in [0.1, 0.15) is 21.5 Å². The zero-order chi connectivity index (χ0) is 13.9. The van der Waals surface area contributed by atoms with Crippen molar-refractivity contribution in [2.24, 2.45) is 0 Å². The quantitative estimate of drug-likeness (QED) is 0.630. The molecule has 0 fully saturated rings. The van der Waals surface area contributed by atoms with Gasteiger partial charge in [-0.2, -0.15) is 18.4 Å². The molecule has 0 aromatic heterocycles. The number of ketones is 1. The van der Waals surface area contributed by atoms with Gasteiger partial charge in [-0.1, -0.05) is 0 Å². The summed E-state index contributed by atoms with van der Waals surface area (Å²) in [6, 6.07) is 2.88. The summed E-state index contributed by atoms with van der Waals surface area (Å²) in [7, 11) is 1.19. The predicted molar refractivity (Wildman–Crippen MR) is 57.8 cm³/mol. The van der Waals surface area contributed by atoms with E-state index in [9.17, 15) is 18.0 Å². The van der Waals surface area contributed by atoms with Crippen molar-refractivity contribution in [3.8, 4) is 11.8 Å². The first kappa shape index (κ1) is 14.3. The van der Waals surface area contributed by atoms with E-state index in [1.54, 1.807) is 0 Å². The molecule has 0 heterocycles. The second-order valence-corrected chi connectivity index (χ2v) is 3.53. The number of hydrogen-bond acceptors (Lipinski definition) is 3. The second kappa shape index (κ2) is 5.27. The van der Waals surface area contributed by atoms with Crippen molar-refractivity contribution in [2.75, 3.05) is 13.0 Å². The van der Waals surface area contributed by atoms with Gasteiger partial charge in [-0.3, -0.25) is 4.79 Å². The Labute approximate surface area is 106 Å². The smallest absolute Gasteiger partial charge is 0.417 e. The number of nitrogens with zero attached hydrogens (tertiary/aromatic N) is 1. The van der Waals surface area contributed by atoms with Gasteiger partial charge in [0.15, 0.2) is 5.78 Å². The van der Waals surface area contributed by atoms with Crippen LogP contribution in [0, 0.1) is 11.3 Å². The Morgan fingerprint density at radius 1 is 1.50 bits per heavy atom. The molecule has 0 saturated carbocycles. The minimum atomic E-state index is -4.72. The molecule has 0 radical (unpaired) electrons. The van der Waals surface area contributed by atoms with E-state index < -0.39 is 29.0 Å². The first-order valence-corrected chi connectivity index (χ1v) is 5.17. The summed E-state index contributed by atoms with van der Waals surface area (Å²) in [6.07, 6.45) is -4.72. The molecule has 0 N–H and O–H groups in total. The van der Waals surface area contributed by atoms with Gasteiger partial charge < -0.3 is 4.74 Å². The van der Waals surface area contributed by atoms with Gasteiger partial charge in [-0.05, 0) is 12.1 Å². The monoisotopic (exact) mass is 277 g/mol. The molecule has 7 heteroatoms. The Balaban J connectivity index is 3.55. The topological polar surface area (TPSA) is 50.1 Å². The Hall–Kier alpha value is -1.74. The average molecular weight is 278 g/mol. The van der Waals surface area contributed by atoms with Crippen LogP contribution >= 0.6 is 11.6 Å². The van der Waals surface area contributed by atoms with E-state index in [4.69, 9.17) is 21.6 Å². The standard InChI is InChI=1S/C11H7ClF3NO2/c1-18-10-2-6(5-16)8(11(13,14)15)3-7(10)9(17)4-12/h2-3H,4H2,1H3. The SMILES string of the molecule is COc1cc(C#N)c(C(F)(F)F)cc1C(=O)CCl. The number of rotatable bonds is 3. The molecule has 18 heavy (non-hydrogen) atoms. The maximum Gasteiger partial charge on any atom is 0.417 e. The van der Waals surface area contributed by atoms with E-state index in [0.29, 0.717) is 6.07 Å². The van der Waals surface area contributed by atoms with Crippen LogP contribution in [-0.4, -0.2) is 18.8 Å². The summed E-state index contributed by atoms with van der Waals surface area (Å²) >= 11 is 5.30. The number of alkyl halides is 4. The fourth-order valence-electron chi connectivity index (χ4n) is 1.37. The lowest BCUT2D eigenvalue weighted by Gasteiger charge is -2.13. The van der Waals surface area contributed by atoms with Gasteiger partial charge in [0.05, 0.1) is 35.7 Å². The zero-order valence-corrected chi connectivity index (χ0v) is 9.89. The Morgan fingerprint density at radius 3 is 2.50 bits per heavy atom. The highest BCUT2D eigenvalue weighted by Gasteiger charge is 2.35. The number of carbonyl (C=O) groups excluding carboxylic acids is 1. The number of carbonyl (C=O) groups is 1. The normalized spacial score (nSPS) is 10.9. The summed E-state index contributed by atoms with van der Waals surface area (Å²) in [5, 5.41) is 8.67. The summed E-state index contributed by atoms with van der Waals surface area (Å²) in [5.41, 5.74) is -2.08. The van der Waals surface area contributed by atoms with E-state index in [-0.39, 0.29) is 11.3 Å². The molecule has 0 atom stereocenters. The van der Waals surface area contributed by atoms with E-state index in [0.717, 1.165) is 6.07 Å². The van der Waals surface area contributed by atoms with Crippen molar-refractivity contribution in [3.63, 3.8) is 0 Å². The number of benzene rings is 1. The van der Waals surface area contributed by atoms with Gasteiger partial charge in [0, 0.05) is 0 Å². The number of halogens is 4. The molecule has 0 saturated heterocycles. The third kappa shape index (κ3) is 2.74. The molecule has 0 aliphatic carbocycles. The second-order valence-electron chi connectivity index (χ2n) is 3.26. The summed E-state index contributed by atoms with van der Waals surface area (Å²) in [5.74, 6) is -1.28. The molecule has 1 aromatic rings. The first-order valence-electron chi connectivity index (χ1n) is 4.63. The molecule has 1 rings (SSSR count). The fourth-order valence-corrected chi connectivity index (χ4v) is 1.51. The summed E-state index contributed by atoms with van der Waals surface area (Å²) in [4.78, 5) is 11.4. The molecule has 0 unspecified atom stereocenters. The molecule has 0 amide bonds. The fraction of sp³-hybridized carbons (Fsp3) is 0.273. The van der Waals surface area contributed by atoms with Crippen LogP contribution in [0.3, 0.4) is 0 Å². The van der Waals surface area contributed by atoms with Crippen molar-refractivity contribution < 1.29 is 22.7 Å². The number of ether oxygens (including phenoxy) is 1. The predicted octanol–water partition coefficient (Wildman–Crippen LogP) is 3.01. The van der Waals surface area contributed by atoms with E-state index in [2.05, 4.69) is 0 Å². The van der Waals surface area contributed by atoms with Crippen LogP contribution in [0.15, 0.2) is 12.1 Å². The maximum absolute atomic E-state index is 12.7. The third-order valence-electron chi connectivity index (χ3n) is 2.19. The highest BCUT2D eigenvalue weighted by Crippen LogP contribution is 2.35. The van der Waals surface area contributed by atoms with Gasteiger partial charge in [0.1, 0.15) is 5.75 Å². The van der Waals surface area contributed by atoms with E-state index >= 15 is 0 Å². The molecular weight excluding hydrogens is 271 g/mol. The molecule has 0 spiro atoms. The van der Waals surface area contributed by atoms with E-state index in [1.807, 2.05) is 0 Å². The largest absolute Gasteiger partial charge is 0.496 e. The van der Waals surface area contributed by atoms with Crippen LogP contribution in [0.5, 0.6) is 5.75 Å². The highest BCUT2D eigenvalue weighted by atomic mass is 35.5. The Kier molecular flexibility index (Phi) is 4.19. The van der Waals surface area contributed by atoms with Crippen LogP contribution in [0.25, 0.3) is 0 Å². The van der Waals surface area contributed by atoms with Gasteiger partial charge >= 0.3 is 6.18 Å². The number of hydrogen-bond donors (Lipinski definition) is 0. The van der Waals surface area contributed by atoms with Crippen LogP contribution in [-0.2, 0) is 6.18 Å². The number of methoxy groups -OCH3 is 1. The molecular formula is C11H7ClF3NO2. The minimum Gasteiger partial charge on any atom is -0.496 e. The average Bonchev–Trinajstić information content (AvgIpc) is 2.34. The molecule has 1 aromatic carbocycles. The van der Waals surface area contributed by atoms with Gasteiger partial charge in [-0.25, -0.2) is 0 Å². The van der Waals surface area contributed by atoms with Crippen LogP contribution < -0.4 is 4.74 Å². The van der Waals surface area contributed by atoms with Gasteiger partial charge in [0.2, 0.25) is 0 Å². The lowest BCUT2D eigenvalue weighted by molar-refractivity contribution is -0.137.